The Hall–Kier alpha value is -2.80. The summed E-state index contributed by atoms with van der Waals surface area (Å²) in [6, 6.07) is 3.14. The van der Waals surface area contributed by atoms with E-state index in [-0.39, 0.29) is 15.9 Å². The average Bonchev–Trinajstić information content (AvgIpc) is 3.13. The minimum absolute atomic E-state index is 0.0795. The van der Waals surface area contributed by atoms with Crippen molar-refractivity contribution in [3.05, 3.63) is 72.2 Å². The highest BCUT2D eigenvalue weighted by molar-refractivity contribution is 6.28. The second-order valence-electron chi connectivity index (χ2n) is 4.79. The summed E-state index contributed by atoms with van der Waals surface area (Å²) in [6.07, 6.45) is 5.21. The molecule has 3 aromatic heterocycles. The first-order valence-corrected chi connectivity index (χ1v) is 7.28. The summed E-state index contributed by atoms with van der Waals surface area (Å²) in [4.78, 5) is 36.4. The lowest BCUT2D eigenvalue weighted by molar-refractivity contribution is 0.558. The van der Waals surface area contributed by atoms with Crippen molar-refractivity contribution in [1.29, 1.82) is 0 Å². The molecule has 0 aliphatic rings. The van der Waals surface area contributed by atoms with Crippen LogP contribution in [0.3, 0.4) is 0 Å². The number of rotatable bonds is 3. The van der Waals surface area contributed by atoms with Crippen LogP contribution in [0.1, 0.15) is 24.1 Å². The normalized spacial score (nSPS) is 13.0. The van der Waals surface area contributed by atoms with Crippen LogP contribution in [0.2, 0.25) is 5.22 Å². The molecule has 7 nitrogen and oxygen atoms in total. The Labute approximate surface area is 134 Å². The van der Waals surface area contributed by atoms with Crippen molar-refractivity contribution in [2.24, 2.45) is 0 Å². The molecule has 0 aromatic carbocycles. The molecule has 0 unspecified atom stereocenters. The van der Waals surface area contributed by atoms with Crippen molar-refractivity contribution in [3.63, 3.8) is 0 Å². The van der Waals surface area contributed by atoms with Gasteiger partial charge in [-0.1, -0.05) is 6.92 Å². The van der Waals surface area contributed by atoms with Crippen LogP contribution in [0.25, 0.3) is 12.2 Å². The van der Waals surface area contributed by atoms with E-state index in [1.807, 2.05) is 6.92 Å². The number of aromatic nitrogens is 4. The summed E-state index contributed by atoms with van der Waals surface area (Å²) >= 11 is 5.67. The Morgan fingerprint density at radius 1 is 1.17 bits per heavy atom. The molecule has 0 fully saturated rings. The SMILES string of the molecule is CCc1[nH]cnc1/C=c1\[nH]c(=O)/c(=C/c2ccc(Cl)o2)[nH]c1=O. The van der Waals surface area contributed by atoms with Gasteiger partial charge in [0, 0.05) is 11.8 Å². The maximum atomic E-state index is 12.1. The molecule has 0 amide bonds. The van der Waals surface area contributed by atoms with E-state index in [4.69, 9.17) is 16.0 Å². The first kappa shape index (κ1) is 15.1. The Morgan fingerprint density at radius 3 is 2.48 bits per heavy atom. The zero-order valence-corrected chi connectivity index (χ0v) is 12.9. The molecule has 0 saturated heterocycles. The molecule has 3 N–H and O–H groups in total. The van der Waals surface area contributed by atoms with Crippen LogP contribution in [-0.2, 0) is 6.42 Å². The Bertz CT molecular complexity index is 1070. The topological polar surface area (TPSA) is 108 Å². The number of nitrogens with one attached hydrogen (secondary N) is 3. The second-order valence-corrected chi connectivity index (χ2v) is 5.16. The summed E-state index contributed by atoms with van der Waals surface area (Å²) in [5.74, 6) is 0.369. The fraction of sp³-hybridized carbons (Fsp3) is 0.133. The van der Waals surface area contributed by atoms with Crippen LogP contribution >= 0.6 is 11.6 Å². The third kappa shape index (κ3) is 3.19. The number of aromatic amines is 3. The first-order chi connectivity index (χ1) is 11.1. The maximum Gasteiger partial charge on any atom is 0.272 e. The molecule has 0 atom stereocenters. The molecule has 0 aliphatic heterocycles. The Morgan fingerprint density at radius 2 is 1.87 bits per heavy atom. The van der Waals surface area contributed by atoms with Crippen LogP contribution in [0.5, 0.6) is 0 Å². The number of aryl methyl sites for hydroxylation is 1. The van der Waals surface area contributed by atoms with Crippen LogP contribution in [-0.4, -0.2) is 19.9 Å². The van der Waals surface area contributed by atoms with Crippen LogP contribution < -0.4 is 21.8 Å². The number of H-pyrrole nitrogens is 3. The molecule has 3 aromatic rings. The van der Waals surface area contributed by atoms with E-state index >= 15 is 0 Å². The molecular weight excluding hydrogens is 320 g/mol. The summed E-state index contributed by atoms with van der Waals surface area (Å²) in [6.45, 7) is 1.96. The lowest BCUT2D eigenvalue weighted by Gasteiger charge is -1.93. The van der Waals surface area contributed by atoms with E-state index in [1.165, 1.54) is 12.2 Å². The van der Waals surface area contributed by atoms with Gasteiger partial charge >= 0.3 is 0 Å². The lowest BCUT2D eigenvalue weighted by Crippen LogP contribution is -2.46. The highest BCUT2D eigenvalue weighted by atomic mass is 35.5. The van der Waals surface area contributed by atoms with E-state index < -0.39 is 11.1 Å². The van der Waals surface area contributed by atoms with Crippen molar-refractivity contribution in [2.45, 2.75) is 13.3 Å². The van der Waals surface area contributed by atoms with Gasteiger partial charge in [-0.3, -0.25) is 9.59 Å². The molecule has 0 bridgehead atoms. The van der Waals surface area contributed by atoms with Gasteiger partial charge in [-0.25, -0.2) is 4.98 Å². The minimum Gasteiger partial charge on any atom is -0.445 e. The largest absolute Gasteiger partial charge is 0.445 e. The van der Waals surface area contributed by atoms with Gasteiger partial charge in [-0.05, 0) is 36.2 Å². The fourth-order valence-corrected chi connectivity index (χ4v) is 2.27. The number of hydrogen-bond acceptors (Lipinski definition) is 4. The van der Waals surface area contributed by atoms with Crippen molar-refractivity contribution in [1.82, 2.24) is 19.9 Å². The molecule has 8 heteroatoms. The molecular formula is C15H13ClN4O3. The predicted molar refractivity (Wildman–Crippen MR) is 85.8 cm³/mol. The minimum atomic E-state index is -0.447. The molecule has 23 heavy (non-hydrogen) atoms. The quantitative estimate of drug-likeness (QED) is 0.639. The lowest BCUT2D eigenvalue weighted by atomic mass is 10.2. The molecule has 0 aliphatic carbocycles. The van der Waals surface area contributed by atoms with Crippen LogP contribution in [0.4, 0.5) is 0 Å². The fourth-order valence-electron chi connectivity index (χ4n) is 2.12. The maximum absolute atomic E-state index is 12.1. The Kier molecular flexibility index (Phi) is 4.03. The van der Waals surface area contributed by atoms with Gasteiger partial charge < -0.3 is 19.4 Å². The number of nitrogens with zero attached hydrogens (tertiary/aromatic N) is 1. The first-order valence-electron chi connectivity index (χ1n) is 6.90. The summed E-state index contributed by atoms with van der Waals surface area (Å²) < 4.78 is 5.14. The van der Waals surface area contributed by atoms with Gasteiger partial charge in [0.1, 0.15) is 16.5 Å². The highest BCUT2D eigenvalue weighted by Crippen LogP contribution is 2.12. The number of hydrogen-bond donors (Lipinski definition) is 3. The van der Waals surface area contributed by atoms with Gasteiger partial charge in [0.15, 0.2) is 5.22 Å². The highest BCUT2D eigenvalue weighted by Gasteiger charge is 2.03. The van der Waals surface area contributed by atoms with E-state index in [2.05, 4.69) is 19.9 Å². The average molecular weight is 333 g/mol. The zero-order chi connectivity index (χ0) is 16.4. The number of halogens is 1. The summed E-state index contributed by atoms with van der Waals surface area (Å²) in [7, 11) is 0. The van der Waals surface area contributed by atoms with Gasteiger partial charge in [-0.15, -0.1) is 0 Å². The monoisotopic (exact) mass is 332 g/mol. The molecule has 0 radical (unpaired) electrons. The van der Waals surface area contributed by atoms with Gasteiger partial charge in [0.25, 0.3) is 11.1 Å². The van der Waals surface area contributed by atoms with Crippen molar-refractivity contribution in [3.8, 4) is 0 Å². The smallest absolute Gasteiger partial charge is 0.272 e. The number of imidazole rings is 1. The third-order valence-electron chi connectivity index (χ3n) is 3.25. The van der Waals surface area contributed by atoms with E-state index in [9.17, 15) is 9.59 Å². The van der Waals surface area contributed by atoms with Gasteiger partial charge in [-0.2, -0.15) is 0 Å². The van der Waals surface area contributed by atoms with Crippen molar-refractivity contribution >= 4 is 23.8 Å². The van der Waals surface area contributed by atoms with Gasteiger partial charge in [0.05, 0.1) is 12.0 Å². The van der Waals surface area contributed by atoms with E-state index in [0.717, 1.165) is 12.1 Å². The van der Waals surface area contributed by atoms with Crippen molar-refractivity contribution < 1.29 is 4.42 Å². The van der Waals surface area contributed by atoms with Crippen LogP contribution in [0, 0.1) is 0 Å². The van der Waals surface area contributed by atoms with E-state index in [0.29, 0.717) is 11.5 Å². The summed E-state index contributed by atoms with van der Waals surface area (Å²) in [5.41, 5.74) is 0.616. The molecule has 3 heterocycles. The molecule has 3 rings (SSSR count). The molecule has 0 saturated carbocycles. The predicted octanol–water partition coefficient (Wildman–Crippen LogP) is 0.253. The Balaban J connectivity index is 2.13. The third-order valence-corrected chi connectivity index (χ3v) is 3.46. The molecule has 0 spiro atoms. The zero-order valence-electron chi connectivity index (χ0n) is 12.1. The van der Waals surface area contributed by atoms with Crippen LogP contribution in [0.15, 0.2) is 32.5 Å². The number of furan rings is 1. The van der Waals surface area contributed by atoms with E-state index in [1.54, 1.807) is 18.5 Å². The second kappa shape index (κ2) is 6.13. The van der Waals surface area contributed by atoms with Crippen molar-refractivity contribution in [2.75, 3.05) is 0 Å². The molecule has 118 valence electrons. The standard InChI is InChI=1S/C15H13ClN4O3/c1-2-9-10(18-7-17-9)6-12-15(22)19-11(14(21)20-12)5-8-3-4-13(16)23-8/h3-7H,2H2,1H3,(H,17,18)(H,19,22)(H,20,21)/b11-5-,12-6-. The van der Waals surface area contributed by atoms with Gasteiger partial charge in [0.2, 0.25) is 0 Å². The summed E-state index contributed by atoms with van der Waals surface area (Å²) in [5, 5.41) is 0.410.